The van der Waals surface area contributed by atoms with E-state index < -0.39 is 28.0 Å². The second kappa shape index (κ2) is 7.32. The summed E-state index contributed by atoms with van der Waals surface area (Å²) < 4.78 is 27.6. The summed E-state index contributed by atoms with van der Waals surface area (Å²) in [5.74, 6) is -1.80. The molecule has 25 heavy (non-hydrogen) atoms. The molecule has 0 aliphatic heterocycles. The van der Waals surface area contributed by atoms with Crippen LogP contribution in [0, 0.1) is 0 Å². The molecule has 1 atom stereocenters. The van der Waals surface area contributed by atoms with Gasteiger partial charge in [0.25, 0.3) is 5.91 Å². The Kier molecular flexibility index (Phi) is 5.40. The first-order chi connectivity index (χ1) is 11.7. The third-order valence-electron chi connectivity index (χ3n) is 3.21. The number of carbonyl (C=O) groups excluding carboxylic acids is 2. The van der Waals surface area contributed by atoms with Gasteiger partial charge >= 0.3 is 5.97 Å². The molecule has 8 nitrogen and oxygen atoms in total. The summed E-state index contributed by atoms with van der Waals surface area (Å²) >= 11 is 0. The number of sulfonamides is 1. The predicted molar refractivity (Wildman–Crippen MR) is 89.4 cm³/mol. The standard InChI is InChI=1S/C16H16N2O6S/c1-10(24-16(21)13-7-2-3-8-14(13)19)15(20)18-11-5-4-6-12(9-11)25(17,22)23/h2-10,19H,1H3,(H,18,20)(H2,17,22,23). The molecule has 4 N–H and O–H groups in total. The summed E-state index contributed by atoms with van der Waals surface area (Å²) in [4.78, 5) is 23.9. The zero-order chi connectivity index (χ0) is 18.6. The molecule has 1 unspecified atom stereocenters. The Bertz CT molecular complexity index is 910. The fourth-order valence-electron chi connectivity index (χ4n) is 1.92. The number of hydrogen-bond donors (Lipinski definition) is 3. The Hall–Kier alpha value is -2.91. The van der Waals surface area contributed by atoms with Gasteiger partial charge in [-0.3, -0.25) is 4.79 Å². The van der Waals surface area contributed by atoms with Gasteiger partial charge in [-0.05, 0) is 37.3 Å². The van der Waals surface area contributed by atoms with Crippen LogP contribution in [0.15, 0.2) is 53.4 Å². The third kappa shape index (κ3) is 4.78. The number of benzene rings is 2. The second-order valence-electron chi connectivity index (χ2n) is 5.13. The van der Waals surface area contributed by atoms with E-state index in [4.69, 9.17) is 9.88 Å². The molecular weight excluding hydrogens is 348 g/mol. The quantitative estimate of drug-likeness (QED) is 0.683. The minimum atomic E-state index is -3.91. The van der Waals surface area contributed by atoms with Crippen LogP contribution in [-0.2, 0) is 19.6 Å². The molecule has 132 valence electrons. The molecule has 2 rings (SSSR count). The van der Waals surface area contributed by atoms with Crippen molar-refractivity contribution in [3.05, 3.63) is 54.1 Å². The Labute approximate surface area is 144 Å². The molecule has 0 heterocycles. The van der Waals surface area contributed by atoms with Crippen molar-refractivity contribution in [1.82, 2.24) is 0 Å². The lowest BCUT2D eigenvalue weighted by Crippen LogP contribution is -2.30. The molecule has 1 amide bonds. The number of primary sulfonamides is 1. The van der Waals surface area contributed by atoms with Crippen molar-refractivity contribution in [2.75, 3.05) is 5.32 Å². The summed E-state index contributed by atoms with van der Waals surface area (Å²) in [6.45, 7) is 1.34. The van der Waals surface area contributed by atoms with Crippen molar-refractivity contribution in [2.45, 2.75) is 17.9 Å². The van der Waals surface area contributed by atoms with E-state index in [1.807, 2.05) is 0 Å². The highest BCUT2D eigenvalue weighted by Gasteiger charge is 2.21. The number of nitrogens with two attached hydrogens (primary N) is 1. The average Bonchev–Trinajstić information content (AvgIpc) is 2.54. The van der Waals surface area contributed by atoms with Crippen molar-refractivity contribution in [3.63, 3.8) is 0 Å². The van der Waals surface area contributed by atoms with E-state index in [0.717, 1.165) is 0 Å². The smallest absolute Gasteiger partial charge is 0.342 e. The third-order valence-corrected chi connectivity index (χ3v) is 4.12. The first-order valence-electron chi connectivity index (χ1n) is 7.11. The normalized spacial score (nSPS) is 12.2. The topological polar surface area (TPSA) is 136 Å². The maximum absolute atomic E-state index is 12.1. The monoisotopic (exact) mass is 364 g/mol. The molecule has 0 fully saturated rings. The van der Waals surface area contributed by atoms with E-state index >= 15 is 0 Å². The van der Waals surface area contributed by atoms with E-state index in [2.05, 4.69) is 5.32 Å². The van der Waals surface area contributed by atoms with Gasteiger partial charge in [0.1, 0.15) is 11.3 Å². The number of aromatic hydroxyl groups is 1. The van der Waals surface area contributed by atoms with E-state index in [-0.39, 0.29) is 21.9 Å². The molecule has 9 heteroatoms. The van der Waals surface area contributed by atoms with Gasteiger partial charge in [0.05, 0.1) is 4.90 Å². The molecule has 0 aliphatic carbocycles. The van der Waals surface area contributed by atoms with Crippen LogP contribution in [0.1, 0.15) is 17.3 Å². The summed E-state index contributed by atoms with van der Waals surface area (Å²) in [6, 6.07) is 11.1. The number of anilines is 1. The fraction of sp³-hybridized carbons (Fsp3) is 0.125. The van der Waals surface area contributed by atoms with E-state index in [0.29, 0.717) is 0 Å². The highest BCUT2D eigenvalue weighted by molar-refractivity contribution is 7.89. The molecular formula is C16H16N2O6S. The summed E-state index contributed by atoms with van der Waals surface area (Å²) in [6.07, 6.45) is -1.18. The van der Waals surface area contributed by atoms with Crippen molar-refractivity contribution < 1.29 is 27.9 Å². The van der Waals surface area contributed by atoms with Gasteiger partial charge in [-0.25, -0.2) is 18.4 Å². The molecule has 0 bridgehead atoms. The van der Waals surface area contributed by atoms with E-state index in [1.54, 1.807) is 12.1 Å². The molecule has 2 aromatic carbocycles. The minimum absolute atomic E-state index is 0.0710. The largest absolute Gasteiger partial charge is 0.507 e. The fourth-order valence-corrected chi connectivity index (χ4v) is 2.48. The number of nitrogens with one attached hydrogen (secondary N) is 1. The summed E-state index contributed by atoms with van der Waals surface area (Å²) in [5, 5.41) is 17.1. The summed E-state index contributed by atoms with van der Waals surface area (Å²) in [7, 11) is -3.91. The van der Waals surface area contributed by atoms with Gasteiger partial charge in [0, 0.05) is 5.69 Å². The van der Waals surface area contributed by atoms with Gasteiger partial charge in [0.2, 0.25) is 10.0 Å². The Morgan fingerprint density at radius 1 is 1.16 bits per heavy atom. The number of carbonyl (C=O) groups is 2. The zero-order valence-electron chi connectivity index (χ0n) is 13.2. The highest BCUT2D eigenvalue weighted by atomic mass is 32.2. The van der Waals surface area contributed by atoms with Gasteiger partial charge in [-0.1, -0.05) is 18.2 Å². The van der Waals surface area contributed by atoms with Crippen molar-refractivity contribution in [2.24, 2.45) is 5.14 Å². The molecule has 0 saturated carbocycles. The highest BCUT2D eigenvalue weighted by Crippen LogP contribution is 2.18. The number of amides is 1. The number of hydrogen-bond acceptors (Lipinski definition) is 6. The van der Waals surface area contributed by atoms with Crippen LogP contribution in [0.2, 0.25) is 0 Å². The molecule has 0 spiro atoms. The van der Waals surface area contributed by atoms with Crippen molar-refractivity contribution >= 4 is 27.6 Å². The van der Waals surface area contributed by atoms with Crippen LogP contribution in [0.3, 0.4) is 0 Å². The van der Waals surface area contributed by atoms with Crippen LogP contribution in [-0.4, -0.2) is 31.5 Å². The number of esters is 1. The minimum Gasteiger partial charge on any atom is -0.507 e. The van der Waals surface area contributed by atoms with Gasteiger partial charge in [-0.2, -0.15) is 0 Å². The second-order valence-corrected chi connectivity index (χ2v) is 6.69. The Morgan fingerprint density at radius 2 is 1.84 bits per heavy atom. The summed E-state index contributed by atoms with van der Waals surface area (Å²) in [5.41, 5.74) is 0.111. The predicted octanol–water partition coefficient (Wildman–Crippen LogP) is 1.22. The number of para-hydroxylation sites is 1. The van der Waals surface area contributed by atoms with Gasteiger partial charge in [0.15, 0.2) is 6.10 Å². The van der Waals surface area contributed by atoms with Crippen LogP contribution in [0.5, 0.6) is 5.75 Å². The lowest BCUT2D eigenvalue weighted by atomic mass is 10.2. The molecule has 0 aromatic heterocycles. The molecule has 2 aromatic rings. The van der Waals surface area contributed by atoms with Crippen LogP contribution in [0.4, 0.5) is 5.69 Å². The van der Waals surface area contributed by atoms with Gasteiger partial charge in [-0.15, -0.1) is 0 Å². The zero-order valence-corrected chi connectivity index (χ0v) is 14.0. The van der Waals surface area contributed by atoms with Crippen LogP contribution >= 0.6 is 0 Å². The maximum atomic E-state index is 12.1. The molecule has 0 aliphatic rings. The number of phenolic OH excluding ortho intramolecular Hbond substituents is 1. The van der Waals surface area contributed by atoms with E-state index in [9.17, 15) is 23.1 Å². The first-order valence-corrected chi connectivity index (χ1v) is 8.66. The van der Waals surface area contributed by atoms with Crippen molar-refractivity contribution in [3.8, 4) is 5.75 Å². The van der Waals surface area contributed by atoms with Crippen LogP contribution < -0.4 is 10.5 Å². The number of ether oxygens (including phenoxy) is 1. The Balaban J connectivity index is 2.06. The lowest BCUT2D eigenvalue weighted by molar-refractivity contribution is -0.123. The van der Waals surface area contributed by atoms with E-state index in [1.165, 1.54) is 43.3 Å². The molecule has 0 radical (unpaired) electrons. The van der Waals surface area contributed by atoms with Crippen LogP contribution in [0.25, 0.3) is 0 Å². The Morgan fingerprint density at radius 3 is 2.48 bits per heavy atom. The maximum Gasteiger partial charge on any atom is 0.342 e. The molecule has 0 saturated heterocycles. The number of phenols is 1. The van der Waals surface area contributed by atoms with Gasteiger partial charge < -0.3 is 15.2 Å². The van der Waals surface area contributed by atoms with Crippen molar-refractivity contribution in [1.29, 1.82) is 0 Å². The first kappa shape index (κ1) is 18.4. The number of rotatable bonds is 5. The average molecular weight is 364 g/mol. The lowest BCUT2D eigenvalue weighted by Gasteiger charge is -2.14. The SMILES string of the molecule is CC(OC(=O)c1ccccc1O)C(=O)Nc1cccc(S(N)(=O)=O)c1.